The van der Waals surface area contributed by atoms with Crippen molar-refractivity contribution in [2.75, 3.05) is 19.7 Å². The first-order chi connectivity index (χ1) is 26.0. The third kappa shape index (κ3) is 6.95. The Hall–Kier alpha value is -1.28. The van der Waals surface area contributed by atoms with Gasteiger partial charge in [-0.15, -0.1) is 0 Å². The van der Waals surface area contributed by atoms with Gasteiger partial charge in [0, 0.05) is 17.3 Å². The van der Waals surface area contributed by atoms with Gasteiger partial charge in [-0.1, -0.05) is 58.6 Å². The van der Waals surface area contributed by atoms with Gasteiger partial charge in [0.25, 0.3) is 0 Å². The molecule has 19 unspecified atom stereocenters. The molecule has 5 aliphatic carbocycles. The molecule has 19 atom stereocenters. The van der Waals surface area contributed by atoms with E-state index in [-0.39, 0.29) is 66.6 Å². The monoisotopic (exact) mass is 772 g/mol. The van der Waals surface area contributed by atoms with E-state index in [9.17, 15) is 30.6 Å². The van der Waals surface area contributed by atoms with Gasteiger partial charge < -0.3 is 46.4 Å². The van der Waals surface area contributed by atoms with E-state index in [1.165, 1.54) is 19.3 Å². The number of nitrogens with one attached hydrogen (secondary N) is 1. The average molecular weight is 772 g/mol. The molecule has 11 nitrogen and oxygen atoms in total. The first-order valence-electron chi connectivity index (χ1n) is 22.0. The van der Waals surface area contributed by atoms with Crippen LogP contribution in [-0.4, -0.2) is 110 Å². The van der Waals surface area contributed by atoms with E-state index in [0.717, 1.165) is 32.2 Å². The Morgan fingerprint density at radius 2 is 1.82 bits per heavy atom. The average Bonchev–Trinajstić information content (AvgIpc) is 3.58. The summed E-state index contributed by atoms with van der Waals surface area (Å²) in [4.78, 5) is 20.0. The number of allylic oxidation sites excluding steroid dienone is 2. The zero-order chi connectivity index (χ0) is 39.7. The molecular weight excluding hydrogens is 698 g/mol. The van der Waals surface area contributed by atoms with Crippen LogP contribution >= 0.6 is 0 Å². The lowest BCUT2D eigenvalue weighted by atomic mass is 9.38. The van der Waals surface area contributed by atoms with Crippen molar-refractivity contribution in [3.05, 3.63) is 12.2 Å². The Kier molecular flexibility index (Phi) is 12.0. The number of fused-ring (bicyclic) bond motifs is 2. The number of nitrogens with zero attached hydrogens (tertiary/aromatic N) is 1. The minimum absolute atomic E-state index is 0.00942. The Bertz CT molecular complexity index is 1450. The lowest BCUT2D eigenvalue weighted by molar-refractivity contribution is -0.233. The largest absolute Gasteiger partial charge is 0.391 e. The molecule has 0 bridgehead atoms. The standard InChI is InChI=1S/C44H73N3O8/c1-6-7-8-9-10-29-23-55-39(25(29)3)40(52)42(5,53)33-15-16-44(54)36-35-27(18-41(33,44)4)12-11-26(28-13-14-34(45)46-22-28)19-43(35)20-32(50)31(49)17-30(43)38(51)37(36)47-21-24(2)48/h11-12,24-36,39-40,46,48-50,52-54H,6-10,13-23,45H2,1-5H3. The number of ether oxygens (including phenoxy) is 1. The van der Waals surface area contributed by atoms with E-state index in [2.05, 4.69) is 38.2 Å². The zero-order valence-electron chi connectivity index (χ0n) is 34.2. The molecule has 312 valence electrons. The van der Waals surface area contributed by atoms with Crippen LogP contribution in [0.3, 0.4) is 0 Å². The molecule has 7 rings (SSSR count). The fourth-order valence-corrected chi connectivity index (χ4v) is 14.0. The number of aliphatic imine (C=N–C) groups is 1. The van der Waals surface area contributed by atoms with E-state index >= 15 is 4.79 Å². The number of unbranched alkanes of at least 4 members (excludes halogenated alkanes) is 3. The number of rotatable bonds is 11. The number of aliphatic hydroxyl groups excluding tert-OH is 4. The van der Waals surface area contributed by atoms with Crippen molar-refractivity contribution < 1.29 is 40.2 Å². The van der Waals surface area contributed by atoms with Gasteiger partial charge in [0.1, 0.15) is 6.10 Å². The van der Waals surface area contributed by atoms with Crippen molar-refractivity contribution in [3.8, 4) is 0 Å². The number of aliphatic hydroxyl groups is 6. The maximum atomic E-state index is 15.1. The number of carbonyl (C=O) groups excluding carboxylic acids is 1. The fraction of sp³-hybridized carbons (Fsp3) is 0.909. The molecule has 7 aliphatic rings. The van der Waals surface area contributed by atoms with Crippen LogP contribution in [0.1, 0.15) is 118 Å². The Morgan fingerprint density at radius 1 is 1.07 bits per heavy atom. The van der Waals surface area contributed by atoms with Gasteiger partial charge in [0.2, 0.25) is 0 Å². The van der Waals surface area contributed by atoms with Crippen LogP contribution in [0.5, 0.6) is 0 Å². The Labute approximate surface area is 329 Å². The van der Waals surface area contributed by atoms with Crippen molar-refractivity contribution in [1.82, 2.24) is 5.32 Å². The third-order valence-corrected chi connectivity index (χ3v) is 17.0. The number of piperidine rings is 1. The molecule has 2 saturated heterocycles. The molecule has 1 spiro atoms. The highest BCUT2D eigenvalue weighted by Crippen LogP contribution is 2.73. The zero-order valence-corrected chi connectivity index (χ0v) is 34.2. The summed E-state index contributed by atoms with van der Waals surface area (Å²) in [7, 11) is 0. The first-order valence-corrected chi connectivity index (χ1v) is 22.0. The highest BCUT2D eigenvalue weighted by atomic mass is 16.5. The van der Waals surface area contributed by atoms with Crippen LogP contribution in [-0.2, 0) is 9.53 Å². The van der Waals surface area contributed by atoms with Crippen molar-refractivity contribution in [3.63, 3.8) is 0 Å². The summed E-state index contributed by atoms with van der Waals surface area (Å²) in [5, 5.41) is 74.9. The lowest BCUT2D eigenvalue weighted by Crippen LogP contribution is -2.72. The Morgan fingerprint density at radius 3 is 2.51 bits per heavy atom. The second-order valence-electron chi connectivity index (χ2n) is 20.1. The highest BCUT2D eigenvalue weighted by molar-refractivity contribution is 6.42. The lowest BCUT2D eigenvalue weighted by Gasteiger charge is -2.66. The van der Waals surface area contributed by atoms with E-state index < -0.39 is 70.3 Å². The van der Waals surface area contributed by atoms with Gasteiger partial charge >= 0.3 is 0 Å². The van der Waals surface area contributed by atoms with Gasteiger partial charge in [-0.05, 0) is 125 Å². The maximum absolute atomic E-state index is 15.1. The molecule has 0 aromatic rings. The summed E-state index contributed by atoms with van der Waals surface area (Å²) in [6, 6.07) is 0. The van der Waals surface area contributed by atoms with Crippen molar-refractivity contribution >= 4 is 11.5 Å². The van der Waals surface area contributed by atoms with Crippen molar-refractivity contribution in [2.24, 2.45) is 74.8 Å². The van der Waals surface area contributed by atoms with Crippen LogP contribution in [0.2, 0.25) is 0 Å². The fourth-order valence-electron chi connectivity index (χ4n) is 14.0. The summed E-state index contributed by atoms with van der Waals surface area (Å²) in [6.07, 6.45) is 9.85. The smallest absolute Gasteiger partial charge is 0.180 e. The van der Waals surface area contributed by atoms with Gasteiger partial charge in [0.15, 0.2) is 5.78 Å². The molecule has 0 amide bonds. The maximum Gasteiger partial charge on any atom is 0.180 e. The molecule has 11 heteroatoms. The van der Waals surface area contributed by atoms with Crippen LogP contribution in [0.15, 0.2) is 17.1 Å². The number of hydrogen-bond acceptors (Lipinski definition) is 11. The molecule has 6 fully saturated rings. The van der Waals surface area contributed by atoms with Crippen LogP contribution in [0.25, 0.3) is 0 Å². The van der Waals surface area contributed by atoms with Crippen molar-refractivity contribution in [1.29, 1.82) is 0 Å². The SMILES string of the molecule is CCCCCCC1COC(C(O)C(C)(O)C2CCC3(O)C4C(=NCC(C)O)C(=O)C5CC(O)C(O)CC56CC(C5CCC(N)NC5)C=CC(CC23C)C46)C1C. The van der Waals surface area contributed by atoms with Gasteiger partial charge in [-0.2, -0.15) is 0 Å². The van der Waals surface area contributed by atoms with Crippen molar-refractivity contribution in [2.45, 2.75) is 166 Å². The minimum Gasteiger partial charge on any atom is -0.391 e. The van der Waals surface area contributed by atoms with Crippen LogP contribution < -0.4 is 11.1 Å². The summed E-state index contributed by atoms with van der Waals surface area (Å²) >= 11 is 0. The molecule has 0 aromatic carbocycles. The number of hydrogen-bond donors (Lipinski definition) is 8. The molecule has 2 heterocycles. The van der Waals surface area contributed by atoms with E-state index in [4.69, 9.17) is 15.5 Å². The summed E-state index contributed by atoms with van der Waals surface area (Å²) in [5.41, 5.74) is 1.82. The number of ketones is 1. The molecule has 2 aliphatic heterocycles. The van der Waals surface area contributed by atoms with Gasteiger partial charge in [-0.25, -0.2) is 0 Å². The summed E-state index contributed by atoms with van der Waals surface area (Å²) < 4.78 is 6.31. The topological polar surface area (TPSA) is 198 Å². The van der Waals surface area contributed by atoms with Crippen LogP contribution in [0.4, 0.5) is 0 Å². The van der Waals surface area contributed by atoms with Gasteiger partial charge in [-0.3, -0.25) is 9.79 Å². The quantitative estimate of drug-likeness (QED) is 0.114. The second kappa shape index (κ2) is 15.7. The highest BCUT2D eigenvalue weighted by Gasteiger charge is 2.76. The number of carbonyl (C=O) groups is 1. The first kappa shape index (κ1) is 41.9. The minimum atomic E-state index is -1.60. The predicted octanol–water partition coefficient (Wildman–Crippen LogP) is 3.50. The molecule has 55 heavy (non-hydrogen) atoms. The molecule has 4 saturated carbocycles. The van der Waals surface area contributed by atoms with E-state index in [1.54, 1.807) is 13.8 Å². The summed E-state index contributed by atoms with van der Waals surface area (Å²) in [5.74, 6) is -1.65. The molecule has 9 N–H and O–H groups in total. The van der Waals surface area contributed by atoms with Gasteiger partial charge in [0.05, 0.1) is 60.6 Å². The third-order valence-electron chi connectivity index (χ3n) is 17.0. The summed E-state index contributed by atoms with van der Waals surface area (Å²) in [6.45, 7) is 11.1. The number of nitrogens with two attached hydrogens (primary N) is 1. The molecule has 0 radical (unpaired) electrons. The predicted molar refractivity (Wildman–Crippen MR) is 211 cm³/mol. The molecular formula is C44H73N3O8. The van der Waals surface area contributed by atoms with E-state index in [0.29, 0.717) is 38.2 Å². The normalized spacial score (nSPS) is 49.8. The second-order valence-corrected chi connectivity index (χ2v) is 20.1. The molecule has 0 aromatic heterocycles. The number of Topliss-reactive ketones (excluding diaryl/α,β-unsaturated/α-hetero) is 1. The van der Waals surface area contributed by atoms with E-state index in [1.807, 2.05) is 0 Å². The Balaban J connectivity index is 1.28. The van der Waals surface area contributed by atoms with Crippen LogP contribution in [0, 0.1) is 64.1 Å².